The van der Waals surface area contributed by atoms with Crippen molar-refractivity contribution in [2.45, 2.75) is 56.7 Å². The van der Waals surface area contributed by atoms with Gasteiger partial charge < -0.3 is 15.2 Å². The number of halogens is 1. The molecule has 2 fully saturated rings. The molecular formula is C26H29FN4O5S. The molecule has 0 unspecified atom stereocenters. The van der Waals surface area contributed by atoms with E-state index in [1.165, 1.54) is 35.9 Å². The van der Waals surface area contributed by atoms with Crippen molar-refractivity contribution in [2.24, 2.45) is 0 Å². The molecule has 1 saturated carbocycles. The number of benzene rings is 1. The number of carbonyl (C=O) groups is 1. The number of nitrogens with zero attached hydrogens (tertiary/aromatic N) is 3. The number of hydrogen-bond donors (Lipinski definition) is 2. The van der Waals surface area contributed by atoms with Crippen molar-refractivity contribution >= 4 is 28.7 Å². The molecule has 3 aromatic rings. The van der Waals surface area contributed by atoms with Gasteiger partial charge in [-0.2, -0.15) is 11.8 Å². The van der Waals surface area contributed by atoms with Crippen LogP contribution in [-0.2, 0) is 0 Å². The molecule has 0 bridgehead atoms. The van der Waals surface area contributed by atoms with E-state index in [1.54, 1.807) is 4.57 Å². The molecule has 37 heavy (non-hydrogen) atoms. The maximum Gasteiger partial charge on any atom is 0.333 e. The number of rotatable bonds is 5. The zero-order valence-corrected chi connectivity index (χ0v) is 21.3. The molecule has 1 aromatic carbocycles. The molecule has 9 nitrogen and oxygen atoms in total. The number of amides is 1. The number of methoxy groups -OCH3 is 1. The Bertz CT molecular complexity index is 1440. The maximum absolute atomic E-state index is 14.1. The number of hydrogen-bond acceptors (Lipinski definition) is 7. The fraction of sp³-hybridized carbons (Fsp3) is 0.462. The second-order valence-corrected chi connectivity index (χ2v) is 10.8. The number of pyridine rings is 1. The monoisotopic (exact) mass is 528 g/mol. The van der Waals surface area contributed by atoms with Crippen molar-refractivity contribution in [3.8, 4) is 11.5 Å². The Balaban J connectivity index is 1.39. The van der Waals surface area contributed by atoms with E-state index in [0.717, 1.165) is 30.5 Å². The highest BCUT2D eigenvalue weighted by molar-refractivity contribution is 7.99. The van der Waals surface area contributed by atoms with Gasteiger partial charge in [0, 0.05) is 23.7 Å². The molecule has 0 radical (unpaired) electrons. The fourth-order valence-corrected chi connectivity index (χ4v) is 6.45. The highest BCUT2D eigenvalue weighted by atomic mass is 32.2. The van der Waals surface area contributed by atoms with Gasteiger partial charge in [0.25, 0.3) is 11.5 Å². The summed E-state index contributed by atoms with van der Waals surface area (Å²) in [6.45, 7) is 0. The van der Waals surface area contributed by atoms with Gasteiger partial charge in [-0.15, -0.1) is 0 Å². The minimum absolute atomic E-state index is 0.0481. The van der Waals surface area contributed by atoms with Crippen LogP contribution in [0, 0.1) is 5.82 Å². The summed E-state index contributed by atoms with van der Waals surface area (Å²) in [6.07, 6.45) is 4.84. The van der Waals surface area contributed by atoms with Crippen molar-refractivity contribution in [1.82, 2.24) is 19.4 Å². The Morgan fingerprint density at radius 1 is 1.08 bits per heavy atom. The Kier molecular flexibility index (Phi) is 7.23. The van der Waals surface area contributed by atoms with Gasteiger partial charge in [0.1, 0.15) is 11.5 Å². The highest BCUT2D eigenvalue weighted by Gasteiger charge is 2.30. The SMILES string of the molecule is COc1cc(C(=O)N[C@H]2CC[C@@H](n3c(=O)c4cc(F)cnc4n(C4CCSCC4)c3=O)CC2)ccc1O. The third kappa shape index (κ3) is 4.96. The molecule has 0 atom stereocenters. The van der Waals surface area contributed by atoms with Gasteiger partial charge >= 0.3 is 5.69 Å². The van der Waals surface area contributed by atoms with Crippen LogP contribution in [0.15, 0.2) is 40.1 Å². The molecule has 1 aliphatic carbocycles. The molecule has 196 valence electrons. The topological polar surface area (TPSA) is 115 Å². The van der Waals surface area contributed by atoms with Crippen molar-refractivity contribution in [1.29, 1.82) is 0 Å². The zero-order chi connectivity index (χ0) is 26.1. The van der Waals surface area contributed by atoms with E-state index in [1.807, 2.05) is 11.8 Å². The summed E-state index contributed by atoms with van der Waals surface area (Å²) in [5.41, 5.74) is -0.297. The smallest absolute Gasteiger partial charge is 0.333 e. The van der Waals surface area contributed by atoms with E-state index < -0.39 is 17.1 Å². The molecule has 1 aliphatic heterocycles. The van der Waals surface area contributed by atoms with E-state index in [2.05, 4.69) is 10.3 Å². The Morgan fingerprint density at radius 2 is 1.78 bits per heavy atom. The number of carbonyl (C=O) groups excluding carboxylic acids is 1. The average molecular weight is 529 g/mol. The maximum atomic E-state index is 14.1. The number of aromatic hydroxyl groups is 1. The molecule has 3 heterocycles. The fourth-order valence-electron chi connectivity index (χ4n) is 5.37. The van der Waals surface area contributed by atoms with Crippen LogP contribution in [0.4, 0.5) is 4.39 Å². The largest absolute Gasteiger partial charge is 0.504 e. The average Bonchev–Trinajstić information content (AvgIpc) is 2.91. The van der Waals surface area contributed by atoms with Gasteiger partial charge in [0.2, 0.25) is 0 Å². The minimum atomic E-state index is -0.613. The Hall–Kier alpha value is -3.34. The van der Waals surface area contributed by atoms with Gasteiger partial charge in [-0.3, -0.25) is 18.7 Å². The van der Waals surface area contributed by atoms with E-state index >= 15 is 0 Å². The molecule has 5 rings (SSSR count). The van der Waals surface area contributed by atoms with E-state index in [-0.39, 0.29) is 46.6 Å². The number of ether oxygens (including phenoxy) is 1. The van der Waals surface area contributed by atoms with Crippen molar-refractivity contribution in [3.05, 3.63) is 62.7 Å². The van der Waals surface area contributed by atoms with Crippen LogP contribution < -0.4 is 21.3 Å². The van der Waals surface area contributed by atoms with Gasteiger partial charge in [0.15, 0.2) is 11.5 Å². The van der Waals surface area contributed by atoms with Gasteiger partial charge in [-0.1, -0.05) is 0 Å². The first-order valence-electron chi connectivity index (χ1n) is 12.4. The number of fused-ring (bicyclic) bond motifs is 1. The summed E-state index contributed by atoms with van der Waals surface area (Å²) >= 11 is 1.83. The summed E-state index contributed by atoms with van der Waals surface area (Å²) in [6, 6.07) is 5.02. The predicted molar refractivity (Wildman–Crippen MR) is 139 cm³/mol. The van der Waals surface area contributed by atoms with Crippen LogP contribution in [0.2, 0.25) is 0 Å². The minimum Gasteiger partial charge on any atom is -0.504 e. The van der Waals surface area contributed by atoms with Crippen molar-refractivity contribution in [3.63, 3.8) is 0 Å². The lowest BCUT2D eigenvalue weighted by atomic mass is 9.90. The second kappa shape index (κ2) is 10.6. The van der Waals surface area contributed by atoms with Gasteiger partial charge in [0.05, 0.1) is 18.7 Å². The Morgan fingerprint density at radius 3 is 2.49 bits per heavy atom. The molecule has 1 amide bonds. The van der Waals surface area contributed by atoms with Crippen LogP contribution in [0.5, 0.6) is 11.5 Å². The summed E-state index contributed by atoms with van der Waals surface area (Å²) in [4.78, 5) is 44.0. The first-order valence-corrected chi connectivity index (χ1v) is 13.6. The standard InChI is InChI=1S/C26H29FN4O5S/c1-36-22-12-15(2-7-21(22)32)24(33)29-17-3-5-18(6-4-17)31-25(34)20-13-16(27)14-28-23(20)30(26(31)35)19-8-10-37-11-9-19/h2,7,12-14,17-19,32H,3-6,8-11H2,1H3,(H,29,33)/t17-,18+. The number of phenolic OH excluding ortho intramolecular Hbond substituents is 1. The molecule has 2 N–H and O–H groups in total. The van der Waals surface area contributed by atoms with E-state index in [0.29, 0.717) is 31.2 Å². The highest BCUT2D eigenvalue weighted by Crippen LogP contribution is 2.31. The lowest BCUT2D eigenvalue weighted by molar-refractivity contribution is 0.0921. The third-order valence-electron chi connectivity index (χ3n) is 7.32. The summed E-state index contributed by atoms with van der Waals surface area (Å²) in [5, 5.41) is 12.9. The molecule has 0 spiro atoms. The van der Waals surface area contributed by atoms with Crippen molar-refractivity contribution < 1.29 is 19.0 Å². The zero-order valence-electron chi connectivity index (χ0n) is 20.5. The molecular weight excluding hydrogens is 499 g/mol. The van der Waals surface area contributed by atoms with Crippen molar-refractivity contribution in [2.75, 3.05) is 18.6 Å². The van der Waals surface area contributed by atoms with E-state index in [9.17, 15) is 23.9 Å². The summed E-state index contributed by atoms with van der Waals surface area (Å²) < 4.78 is 22.0. The van der Waals surface area contributed by atoms with Crippen LogP contribution in [0.3, 0.4) is 0 Å². The lowest BCUT2D eigenvalue weighted by Gasteiger charge is -2.31. The first kappa shape index (κ1) is 25.3. The third-order valence-corrected chi connectivity index (χ3v) is 8.37. The first-order chi connectivity index (χ1) is 17.9. The van der Waals surface area contributed by atoms with Crippen LogP contribution >= 0.6 is 11.8 Å². The molecule has 11 heteroatoms. The van der Waals surface area contributed by atoms with Crippen LogP contribution in [0.25, 0.3) is 11.0 Å². The van der Waals surface area contributed by atoms with Gasteiger partial charge in [-0.05, 0) is 74.3 Å². The second-order valence-electron chi connectivity index (χ2n) is 9.56. The molecule has 2 aromatic heterocycles. The number of phenols is 1. The van der Waals surface area contributed by atoms with E-state index in [4.69, 9.17) is 4.74 Å². The molecule has 2 aliphatic rings. The normalized spacial score (nSPS) is 20.6. The predicted octanol–water partition coefficient (Wildman–Crippen LogP) is 3.39. The Labute approximate surface area is 216 Å². The van der Waals surface area contributed by atoms with Crippen LogP contribution in [-0.4, -0.2) is 49.8 Å². The summed E-state index contributed by atoms with van der Waals surface area (Å²) in [5.74, 6) is 1.09. The number of thioether (sulfide) groups is 1. The number of nitrogens with one attached hydrogen (secondary N) is 1. The quantitative estimate of drug-likeness (QED) is 0.522. The number of aromatic nitrogens is 3. The van der Waals surface area contributed by atoms with Gasteiger partial charge in [-0.25, -0.2) is 14.2 Å². The summed E-state index contributed by atoms with van der Waals surface area (Å²) in [7, 11) is 1.42. The molecule has 1 saturated heterocycles. The lowest BCUT2D eigenvalue weighted by Crippen LogP contribution is -2.46. The van der Waals surface area contributed by atoms with Crippen LogP contribution in [0.1, 0.15) is 61.0 Å².